The van der Waals surface area contributed by atoms with Crippen molar-refractivity contribution in [2.45, 2.75) is 32.3 Å². The predicted molar refractivity (Wildman–Crippen MR) is 86.1 cm³/mol. The number of esters is 1. The number of ether oxygens (including phenoxy) is 1. The Morgan fingerprint density at radius 1 is 1.17 bits per heavy atom. The molecule has 2 rings (SSSR count). The SMILES string of the molecule is CC[C@H](CNC(=O)[C@@H](C)OC(=O)c1ccco1)c1ccccc1. The summed E-state index contributed by atoms with van der Waals surface area (Å²) in [7, 11) is 0. The van der Waals surface area contributed by atoms with Crippen molar-refractivity contribution >= 4 is 11.9 Å². The number of nitrogens with one attached hydrogen (secondary N) is 1. The minimum atomic E-state index is -0.874. The van der Waals surface area contributed by atoms with E-state index >= 15 is 0 Å². The summed E-state index contributed by atoms with van der Waals surface area (Å²) in [6.07, 6.45) is 1.42. The van der Waals surface area contributed by atoms with Crippen LogP contribution in [0.25, 0.3) is 0 Å². The molecule has 1 aromatic carbocycles. The van der Waals surface area contributed by atoms with Crippen molar-refractivity contribution in [3.63, 3.8) is 0 Å². The van der Waals surface area contributed by atoms with E-state index < -0.39 is 12.1 Å². The molecule has 1 N–H and O–H groups in total. The van der Waals surface area contributed by atoms with E-state index in [-0.39, 0.29) is 17.6 Å². The number of rotatable bonds is 7. The van der Waals surface area contributed by atoms with E-state index in [0.717, 1.165) is 6.42 Å². The predicted octanol–water partition coefficient (Wildman–Crippen LogP) is 3.13. The summed E-state index contributed by atoms with van der Waals surface area (Å²) in [6.45, 7) is 4.12. The van der Waals surface area contributed by atoms with Crippen LogP contribution in [0.2, 0.25) is 0 Å². The lowest BCUT2D eigenvalue weighted by molar-refractivity contribution is -0.129. The first-order valence-corrected chi connectivity index (χ1v) is 7.69. The van der Waals surface area contributed by atoms with Crippen LogP contribution in [-0.4, -0.2) is 24.5 Å². The monoisotopic (exact) mass is 315 g/mol. The fourth-order valence-electron chi connectivity index (χ4n) is 2.26. The molecular weight excluding hydrogens is 294 g/mol. The molecule has 0 bridgehead atoms. The highest BCUT2D eigenvalue weighted by atomic mass is 16.6. The maximum atomic E-state index is 12.1. The zero-order valence-corrected chi connectivity index (χ0v) is 13.3. The van der Waals surface area contributed by atoms with E-state index in [0.29, 0.717) is 6.54 Å². The number of carbonyl (C=O) groups excluding carboxylic acids is 2. The maximum Gasteiger partial charge on any atom is 0.374 e. The average Bonchev–Trinajstić information content (AvgIpc) is 3.10. The van der Waals surface area contributed by atoms with E-state index in [1.165, 1.54) is 17.9 Å². The highest BCUT2D eigenvalue weighted by molar-refractivity contribution is 5.89. The molecule has 0 radical (unpaired) electrons. The smallest absolute Gasteiger partial charge is 0.374 e. The molecule has 1 heterocycles. The average molecular weight is 315 g/mol. The van der Waals surface area contributed by atoms with Gasteiger partial charge in [-0.25, -0.2) is 4.79 Å². The van der Waals surface area contributed by atoms with Crippen LogP contribution in [0.1, 0.15) is 42.3 Å². The second-order valence-electron chi connectivity index (χ2n) is 5.29. The lowest BCUT2D eigenvalue weighted by Crippen LogP contribution is -2.37. The van der Waals surface area contributed by atoms with Crippen LogP contribution in [0.4, 0.5) is 0 Å². The van der Waals surface area contributed by atoms with Crippen molar-refractivity contribution < 1.29 is 18.7 Å². The molecule has 5 nitrogen and oxygen atoms in total. The standard InChI is InChI=1S/C18H21NO4/c1-3-14(15-8-5-4-6-9-15)12-19-17(20)13(2)23-18(21)16-10-7-11-22-16/h4-11,13-14H,3,12H2,1-2H3,(H,19,20)/t13-,14-/m1/s1. The van der Waals surface area contributed by atoms with E-state index in [4.69, 9.17) is 9.15 Å². The van der Waals surface area contributed by atoms with Crippen molar-refractivity contribution in [2.75, 3.05) is 6.54 Å². The molecule has 2 atom stereocenters. The number of furan rings is 1. The van der Waals surface area contributed by atoms with Gasteiger partial charge in [-0.05, 0) is 31.0 Å². The first-order chi connectivity index (χ1) is 11.1. The number of benzene rings is 1. The van der Waals surface area contributed by atoms with Gasteiger partial charge in [-0.15, -0.1) is 0 Å². The molecule has 5 heteroatoms. The lowest BCUT2D eigenvalue weighted by Gasteiger charge is -2.18. The molecule has 0 saturated carbocycles. The first kappa shape index (κ1) is 16.8. The normalized spacial score (nSPS) is 13.1. The lowest BCUT2D eigenvalue weighted by atomic mass is 9.96. The van der Waals surface area contributed by atoms with Crippen LogP contribution in [0, 0.1) is 0 Å². The van der Waals surface area contributed by atoms with Gasteiger partial charge in [0.2, 0.25) is 5.76 Å². The Hall–Kier alpha value is -2.56. The van der Waals surface area contributed by atoms with Gasteiger partial charge in [-0.2, -0.15) is 0 Å². The zero-order valence-electron chi connectivity index (χ0n) is 13.3. The molecule has 0 aliphatic heterocycles. The van der Waals surface area contributed by atoms with E-state index in [1.807, 2.05) is 30.3 Å². The summed E-state index contributed by atoms with van der Waals surface area (Å²) >= 11 is 0. The fraction of sp³-hybridized carbons (Fsp3) is 0.333. The molecule has 0 aliphatic carbocycles. The van der Waals surface area contributed by atoms with Gasteiger partial charge in [-0.3, -0.25) is 4.79 Å². The van der Waals surface area contributed by atoms with Gasteiger partial charge in [-0.1, -0.05) is 37.3 Å². The third kappa shape index (κ3) is 4.71. The van der Waals surface area contributed by atoms with Crippen LogP contribution < -0.4 is 5.32 Å². The fourth-order valence-corrected chi connectivity index (χ4v) is 2.26. The summed E-state index contributed by atoms with van der Waals surface area (Å²) in [5, 5.41) is 2.84. The topological polar surface area (TPSA) is 68.5 Å². The number of hydrogen-bond acceptors (Lipinski definition) is 4. The molecule has 122 valence electrons. The van der Waals surface area contributed by atoms with Gasteiger partial charge in [0.25, 0.3) is 5.91 Å². The Labute approximate surface area is 135 Å². The molecule has 0 spiro atoms. The van der Waals surface area contributed by atoms with Gasteiger partial charge >= 0.3 is 5.97 Å². The first-order valence-electron chi connectivity index (χ1n) is 7.69. The van der Waals surface area contributed by atoms with Gasteiger partial charge in [0.1, 0.15) is 0 Å². The molecule has 1 amide bonds. The van der Waals surface area contributed by atoms with Crippen molar-refractivity contribution in [3.8, 4) is 0 Å². The zero-order chi connectivity index (χ0) is 16.7. The largest absolute Gasteiger partial charge is 0.457 e. The Morgan fingerprint density at radius 2 is 1.91 bits per heavy atom. The van der Waals surface area contributed by atoms with Crippen LogP contribution >= 0.6 is 0 Å². The van der Waals surface area contributed by atoms with Crippen molar-refractivity contribution in [2.24, 2.45) is 0 Å². The summed E-state index contributed by atoms with van der Waals surface area (Å²) < 4.78 is 10.0. The van der Waals surface area contributed by atoms with Gasteiger partial charge in [0.15, 0.2) is 6.10 Å². The number of amides is 1. The maximum absolute atomic E-state index is 12.1. The Morgan fingerprint density at radius 3 is 2.52 bits per heavy atom. The summed E-state index contributed by atoms with van der Waals surface area (Å²) in [5.74, 6) is -0.652. The van der Waals surface area contributed by atoms with Crippen LogP contribution in [0.15, 0.2) is 53.1 Å². The van der Waals surface area contributed by atoms with Crippen molar-refractivity contribution in [1.82, 2.24) is 5.32 Å². The quantitative estimate of drug-likeness (QED) is 0.797. The minimum absolute atomic E-state index is 0.0837. The molecule has 0 aliphatic rings. The second kappa shape index (κ2) is 8.17. The third-order valence-electron chi connectivity index (χ3n) is 3.66. The molecule has 0 saturated heterocycles. The van der Waals surface area contributed by atoms with E-state index in [9.17, 15) is 9.59 Å². The van der Waals surface area contributed by atoms with Gasteiger partial charge in [0, 0.05) is 12.5 Å². The van der Waals surface area contributed by atoms with Crippen LogP contribution in [0.5, 0.6) is 0 Å². The van der Waals surface area contributed by atoms with Crippen LogP contribution in [-0.2, 0) is 9.53 Å². The Bertz CT molecular complexity index is 622. The highest BCUT2D eigenvalue weighted by Gasteiger charge is 2.21. The number of hydrogen-bond donors (Lipinski definition) is 1. The molecule has 1 aromatic heterocycles. The third-order valence-corrected chi connectivity index (χ3v) is 3.66. The van der Waals surface area contributed by atoms with E-state index in [1.54, 1.807) is 13.0 Å². The van der Waals surface area contributed by atoms with Crippen molar-refractivity contribution in [1.29, 1.82) is 0 Å². The van der Waals surface area contributed by atoms with E-state index in [2.05, 4.69) is 12.2 Å². The minimum Gasteiger partial charge on any atom is -0.457 e. The summed E-state index contributed by atoms with van der Waals surface area (Å²) in [6, 6.07) is 13.1. The molecule has 0 unspecified atom stereocenters. The molecule has 0 fully saturated rings. The highest BCUT2D eigenvalue weighted by Crippen LogP contribution is 2.18. The van der Waals surface area contributed by atoms with Crippen LogP contribution in [0.3, 0.4) is 0 Å². The molecular formula is C18H21NO4. The Kier molecular flexibility index (Phi) is 5.97. The van der Waals surface area contributed by atoms with Gasteiger partial charge in [0.05, 0.1) is 6.26 Å². The molecule has 23 heavy (non-hydrogen) atoms. The summed E-state index contributed by atoms with van der Waals surface area (Å²) in [5.41, 5.74) is 1.18. The van der Waals surface area contributed by atoms with Crippen molar-refractivity contribution in [3.05, 3.63) is 60.1 Å². The Balaban J connectivity index is 1.84. The van der Waals surface area contributed by atoms with Gasteiger partial charge < -0.3 is 14.5 Å². The number of carbonyl (C=O) groups is 2. The second-order valence-corrected chi connectivity index (χ2v) is 5.29. The summed E-state index contributed by atoms with van der Waals surface area (Å²) in [4.78, 5) is 23.8. The molecule has 2 aromatic rings.